The Labute approximate surface area is 398 Å². The lowest BCUT2D eigenvalue weighted by Crippen LogP contribution is -2.42. The van der Waals surface area contributed by atoms with Gasteiger partial charge in [0.05, 0.1) is 44.5 Å². The van der Waals surface area contributed by atoms with Crippen LogP contribution in [0.25, 0.3) is 33.5 Å². The van der Waals surface area contributed by atoms with Gasteiger partial charge in [-0.1, -0.05) is 0 Å². The van der Waals surface area contributed by atoms with Crippen molar-refractivity contribution >= 4 is 72.3 Å². The molecule has 0 bridgehead atoms. The molecular formula is C36H47N15O18P2. The number of nitrogen functional groups attached to an aromatic ring is 3. The highest BCUT2D eigenvalue weighted by Gasteiger charge is 2.54. The Morgan fingerprint density at radius 1 is 0.662 bits per heavy atom. The van der Waals surface area contributed by atoms with Crippen molar-refractivity contribution in [1.29, 1.82) is 0 Å². The summed E-state index contributed by atoms with van der Waals surface area (Å²) in [6, 6.07) is 0. The average Bonchev–Trinajstić information content (AvgIpc) is 4.21. The van der Waals surface area contributed by atoms with Gasteiger partial charge in [0.2, 0.25) is 0 Å². The zero-order valence-electron chi connectivity index (χ0n) is 37.3. The van der Waals surface area contributed by atoms with Crippen LogP contribution in [-0.4, -0.2) is 192 Å². The third-order valence-electron chi connectivity index (χ3n) is 11.9. The second-order valence-corrected chi connectivity index (χ2v) is 19.6. The number of anilines is 3. The Morgan fingerprint density at radius 2 is 1.14 bits per heavy atom. The molecule has 0 amide bonds. The van der Waals surface area contributed by atoms with Gasteiger partial charge in [-0.3, -0.25) is 27.3 Å². The second kappa shape index (κ2) is 20.1. The first kappa shape index (κ1) is 50.4. The van der Waals surface area contributed by atoms with Crippen molar-refractivity contribution in [2.45, 2.75) is 86.3 Å². The Morgan fingerprint density at radius 3 is 1.66 bits per heavy atom. The Balaban J connectivity index is 0.917. The summed E-state index contributed by atoms with van der Waals surface area (Å²) >= 11 is 0. The van der Waals surface area contributed by atoms with Crippen LogP contribution in [0.1, 0.15) is 25.1 Å². The third kappa shape index (κ3) is 9.75. The first-order valence-corrected chi connectivity index (χ1v) is 24.4. The van der Waals surface area contributed by atoms with E-state index in [1.165, 1.54) is 53.2 Å². The molecule has 6 aromatic heterocycles. The number of phosphoric ester groups is 1. The number of carbonyl (C=O) groups excluding carboxylic acids is 1. The number of hydrogen-bond donors (Lipinski definition) is 8. The molecule has 15 atom stereocenters. The molecule has 9 rings (SSSR count). The zero-order valence-corrected chi connectivity index (χ0v) is 39.1. The summed E-state index contributed by atoms with van der Waals surface area (Å²) in [5.74, 6) is -1.32. The van der Waals surface area contributed by atoms with Gasteiger partial charge in [0, 0.05) is 21.3 Å². The van der Waals surface area contributed by atoms with E-state index in [0.717, 1.165) is 19.8 Å². The average molecular weight is 1040 g/mol. The maximum atomic E-state index is 14.0. The van der Waals surface area contributed by atoms with Crippen LogP contribution in [0.5, 0.6) is 0 Å². The molecular weight excluding hydrogens is 992 g/mol. The third-order valence-corrected chi connectivity index (χ3v) is 14.3. The topological polar surface area (TPSA) is 454 Å². The molecule has 0 aliphatic carbocycles. The number of nitrogens with two attached hydrogens (primary N) is 3. The van der Waals surface area contributed by atoms with E-state index in [4.69, 9.17) is 63.9 Å². The van der Waals surface area contributed by atoms with Crippen molar-refractivity contribution in [1.82, 2.24) is 58.6 Å². The molecule has 6 aromatic rings. The number of ether oxygens (including phenoxy) is 7. The summed E-state index contributed by atoms with van der Waals surface area (Å²) in [4.78, 5) is 72.1. The van der Waals surface area contributed by atoms with Crippen molar-refractivity contribution in [3.63, 3.8) is 0 Å². The van der Waals surface area contributed by atoms with Crippen LogP contribution in [0.4, 0.5) is 17.5 Å². The molecule has 3 saturated heterocycles. The monoisotopic (exact) mass is 1040 g/mol. The number of methoxy groups -OCH3 is 2. The van der Waals surface area contributed by atoms with E-state index in [2.05, 4.69) is 44.9 Å². The summed E-state index contributed by atoms with van der Waals surface area (Å²) in [6.07, 6.45) is -11.9. The Kier molecular flexibility index (Phi) is 14.3. The van der Waals surface area contributed by atoms with Crippen LogP contribution in [0.2, 0.25) is 0 Å². The molecule has 33 nitrogen and oxygen atoms in total. The number of aliphatic hydroxyl groups excluding tert-OH is 3. The summed E-state index contributed by atoms with van der Waals surface area (Å²) in [6.45, 7) is -1.44. The van der Waals surface area contributed by atoms with Crippen LogP contribution in [0.15, 0.2) is 38.0 Å². The fraction of sp³-hybridized carbons (Fsp3) is 0.556. The minimum atomic E-state index is -5.23. The van der Waals surface area contributed by atoms with Gasteiger partial charge in [-0.15, -0.1) is 0 Å². The van der Waals surface area contributed by atoms with Gasteiger partial charge in [0.25, 0.3) is 6.29 Å². The normalized spacial score (nSPS) is 30.0. The highest BCUT2D eigenvalue weighted by Crippen LogP contribution is 2.52. The van der Waals surface area contributed by atoms with Crippen molar-refractivity contribution in [3.05, 3.63) is 38.0 Å². The number of aromatic nitrogens is 12. The van der Waals surface area contributed by atoms with Crippen LogP contribution in [0.3, 0.4) is 0 Å². The van der Waals surface area contributed by atoms with Gasteiger partial charge >= 0.3 is 21.4 Å². The number of carbonyl (C=O) groups is 1. The highest BCUT2D eigenvalue weighted by molar-refractivity contribution is 7.52. The van der Waals surface area contributed by atoms with E-state index in [0.29, 0.717) is 0 Å². The highest BCUT2D eigenvalue weighted by atomic mass is 31.2. The molecule has 3 aliphatic heterocycles. The minimum Gasteiger partial charge on any atom is -0.451 e. The summed E-state index contributed by atoms with van der Waals surface area (Å²) in [7, 11) is -5.74. The number of aliphatic hydroxyl groups is 3. The number of imidazole rings is 3. The summed E-state index contributed by atoms with van der Waals surface area (Å²) in [5.41, 5.74) is 18.9. The molecule has 3 aliphatic rings. The van der Waals surface area contributed by atoms with E-state index in [1.54, 1.807) is 0 Å². The van der Waals surface area contributed by atoms with Crippen LogP contribution < -0.4 is 17.2 Å². The predicted octanol–water partition coefficient (Wildman–Crippen LogP) is -2.33. The first-order valence-electron chi connectivity index (χ1n) is 21.1. The molecule has 15 unspecified atom stereocenters. The lowest BCUT2D eigenvalue weighted by molar-refractivity contribution is -0.202. The molecule has 0 spiro atoms. The Bertz CT molecular complexity index is 2990. The molecule has 71 heavy (non-hydrogen) atoms. The molecule has 9 heterocycles. The lowest BCUT2D eigenvalue weighted by Gasteiger charge is -2.27. The van der Waals surface area contributed by atoms with Crippen molar-refractivity contribution < 1.29 is 85.8 Å². The number of fused-ring (bicyclic) bond motifs is 3. The molecule has 0 saturated carbocycles. The predicted molar refractivity (Wildman–Crippen MR) is 233 cm³/mol. The van der Waals surface area contributed by atoms with Crippen molar-refractivity contribution in [2.75, 3.05) is 57.9 Å². The van der Waals surface area contributed by atoms with E-state index in [9.17, 15) is 39.0 Å². The zero-order chi connectivity index (χ0) is 50.5. The van der Waals surface area contributed by atoms with E-state index >= 15 is 0 Å². The SMILES string of the molecule is COC1C(COP(=O)(O)OC2C(OC)C(CCP(=O)(O)OC)OC2n2cnc3c(N)ncnc32)OC(n2cnc3c(N)ncnc32)C1OC(=O)C(O)OCC1OC(n2cnc3c(N)ncnc32)C(O)C1O. The van der Waals surface area contributed by atoms with Gasteiger partial charge < -0.3 is 80.0 Å². The van der Waals surface area contributed by atoms with Crippen LogP contribution >= 0.6 is 15.4 Å². The molecule has 384 valence electrons. The Hall–Kier alpha value is -5.58. The lowest BCUT2D eigenvalue weighted by atomic mass is 10.1. The van der Waals surface area contributed by atoms with Gasteiger partial charge in [-0.05, 0) is 6.42 Å². The smallest absolute Gasteiger partial charge is 0.451 e. The van der Waals surface area contributed by atoms with Crippen molar-refractivity contribution in [3.8, 4) is 0 Å². The van der Waals surface area contributed by atoms with Crippen LogP contribution in [-0.2, 0) is 60.7 Å². The van der Waals surface area contributed by atoms with Crippen molar-refractivity contribution in [2.24, 2.45) is 0 Å². The quantitative estimate of drug-likeness (QED) is 0.0239. The van der Waals surface area contributed by atoms with E-state index in [1.807, 2.05) is 0 Å². The molecule has 35 heteroatoms. The number of phosphoric acid groups is 1. The maximum Gasteiger partial charge on any atom is 0.472 e. The number of nitrogens with zero attached hydrogens (tertiary/aromatic N) is 12. The first-order chi connectivity index (χ1) is 33.9. The number of hydrogen-bond acceptors (Lipinski definition) is 28. The summed E-state index contributed by atoms with van der Waals surface area (Å²) in [5, 5.41) is 32.7. The number of esters is 1. The number of rotatable bonds is 19. The molecule has 11 N–H and O–H groups in total. The molecule has 0 aromatic carbocycles. The maximum absolute atomic E-state index is 14.0. The largest absolute Gasteiger partial charge is 0.472 e. The molecule has 3 fully saturated rings. The minimum absolute atomic E-state index is 0.0116. The summed E-state index contributed by atoms with van der Waals surface area (Å²) < 4.78 is 87.4. The van der Waals surface area contributed by atoms with E-state index < -0.39 is 115 Å². The molecule has 0 radical (unpaired) electrons. The van der Waals surface area contributed by atoms with E-state index in [-0.39, 0.29) is 63.5 Å². The van der Waals surface area contributed by atoms with Gasteiger partial charge in [0.1, 0.15) is 78.3 Å². The second-order valence-electron chi connectivity index (χ2n) is 16.1. The fourth-order valence-corrected chi connectivity index (χ4v) is 10.2. The van der Waals surface area contributed by atoms with Gasteiger partial charge in [-0.25, -0.2) is 54.2 Å². The fourth-order valence-electron chi connectivity index (χ4n) is 8.48. The van der Waals surface area contributed by atoms with Crippen LogP contribution in [0, 0.1) is 0 Å². The van der Waals surface area contributed by atoms with Gasteiger partial charge in [-0.2, -0.15) is 0 Å². The van der Waals surface area contributed by atoms with Gasteiger partial charge in [0.15, 0.2) is 59.2 Å². The standard InChI is InChI=1S/C36H47N15O18P2/c1-60-22-14(4-5-70(56,57)62-3)65-34(51-13-48-19-28(39)42-10-45-31(19)51)25(22)69-71(58,59)64-7-16-23(61-2)24(33(67-16)50-12-47-18-27(38)41-9-44-30(18)50)68-36(55)35(54)63-6-15-20(52)21(53)32(66-15)49-11-46-17-26(37)40-8-43-29(17)49/h8-16,20-25,32-35,52-54H,4-7H2,1-3H3,(H,56,57)(H,58,59)(H2,37,40,43)(H2,38,41,44)(H2,39,42,45).